The Kier molecular flexibility index (Phi) is 3.49. The van der Waals surface area contributed by atoms with Gasteiger partial charge in [0.15, 0.2) is 0 Å². The van der Waals surface area contributed by atoms with Gasteiger partial charge in [0, 0.05) is 12.5 Å². The van der Waals surface area contributed by atoms with Gasteiger partial charge in [-0.05, 0) is 12.8 Å². The Morgan fingerprint density at radius 1 is 1.58 bits per heavy atom. The fourth-order valence-electron chi connectivity index (χ4n) is 1.10. The van der Waals surface area contributed by atoms with E-state index in [1.54, 1.807) is 0 Å². The van der Waals surface area contributed by atoms with Crippen molar-refractivity contribution in [2.45, 2.75) is 25.4 Å². The Hall–Kier alpha value is -0.610. The molecule has 0 radical (unpaired) electrons. The second-order valence-electron chi connectivity index (χ2n) is 3.21. The van der Waals surface area contributed by atoms with Crippen LogP contribution in [0.1, 0.15) is 19.3 Å². The highest BCUT2D eigenvalue weighted by Crippen LogP contribution is 2.25. The number of aliphatic hydroxyl groups excluding tert-OH is 2. The van der Waals surface area contributed by atoms with Crippen molar-refractivity contribution in [3.05, 3.63) is 0 Å². The molecule has 0 saturated heterocycles. The maximum atomic E-state index is 11.1. The predicted octanol–water partition coefficient (Wildman–Crippen LogP) is -0.744. The summed E-state index contributed by atoms with van der Waals surface area (Å²) in [6.45, 7) is -0.142. The Balaban J connectivity index is 2.09. The Labute approximate surface area is 71.6 Å². The average molecular weight is 173 g/mol. The zero-order valence-corrected chi connectivity index (χ0v) is 6.99. The van der Waals surface area contributed by atoms with E-state index in [1.165, 1.54) is 0 Å². The van der Waals surface area contributed by atoms with E-state index < -0.39 is 6.10 Å². The molecule has 0 spiro atoms. The van der Waals surface area contributed by atoms with Gasteiger partial charge in [-0.25, -0.2) is 0 Å². The molecule has 1 unspecified atom stereocenters. The standard InChI is InChI=1S/C8H15NO3/c10-5-7(11)4-9-8(12)6-2-1-3-6/h6-7,10-11H,1-5H2,(H,9,12). The van der Waals surface area contributed by atoms with Gasteiger partial charge in [0.25, 0.3) is 0 Å². The van der Waals surface area contributed by atoms with Gasteiger partial charge in [-0.2, -0.15) is 0 Å². The summed E-state index contributed by atoms with van der Waals surface area (Å²) in [5.74, 6) is 0.157. The van der Waals surface area contributed by atoms with Gasteiger partial charge >= 0.3 is 0 Å². The van der Waals surface area contributed by atoms with Crippen molar-refractivity contribution in [1.29, 1.82) is 0 Å². The summed E-state index contributed by atoms with van der Waals surface area (Å²) in [6.07, 6.45) is 2.22. The highest BCUT2D eigenvalue weighted by Gasteiger charge is 2.24. The second-order valence-corrected chi connectivity index (χ2v) is 3.21. The van der Waals surface area contributed by atoms with Gasteiger partial charge in [0.05, 0.1) is 12.7 Å². The van der Waals surface area contributed by atoms with Crippen LogP contribution >= 0.6 is 0 Å². The molecule has 4 nitrogen and oxygen atoms in total. The molecule has 1 rings (SSSR count). The summed E-state index contributed by atoms with van der Waals surface area (Å²) in [5, 5.41) is 20.0. The fraction of sp³-hybridized carbons (Fsp3) is 0.875. The van der Waals surface area contributed by atoms with Crippen LogP contribution in [0, 0.1) is 5.92 Å². The molecule has 0 heterocycles. The molecule has 0 aromatic heterocycles. The highest BCUT2D eigenvalue weighted by molar-refractivity contribution is 5.79. The lowest BCUT2D eigenvalue weighted by atomic mass is 9.85. The van der Waals surface area contributed by atoms with E-state index in [4.69, 9.17) is 10.2 Å². The van der Waals surface area contributed by atoms with E-state index in [0.717, 1.165) is 19.3 Å². The van der Waals surface area contributed by atoms with Crippen molar-refractivity contribution in [3.63, 3.8) is 0 Å². The number of hydrogen-bond acceptors (Lipinski definition) is 3. The minimum Gasteiger partial charge on any atom is -0.394 e. The van der Waals surface area contributed by atoms with E-state index in [0.29, 0.717) is 0 Å². The van der Waals surface area contributed by atoms with E-state index in [1.807, 2.05) is 0 Å². The van der Waals surface area contributed by atoms with Crippen LogP contribution in [0.2, 0.25) is 0 Å². The molecular weight excluding hydrogens is 158 g/mol. The summed E-state index contributed by atoms with van der Waals surface area (Å²) in [5.41, 5.74) is 0. The molecule has 1 amide bonds. The summed E-state index contributed by atoms with van der Waals surface area (Å²) >= 11 is 0. The molecule has 4 heteroatoms. The van der Waals surface area contributed by atoms with Crippen LogP contribution in [0.25, 0.3) is 0 Å². The Morgan fingerprint density at radius 2 is 2.25 bits per heavy atom. The molecule has 1 atom stereocenters. The van der Waals surface area contributed by atoms with Crippen molar-refractivity contribution < 1.29 is 15.0 Å². The highest BCUT2D eigenvalue weighted by atomic mass is 16.3. The molecule has 0 bridgehead atoms. The first-order valence-corrected chi connectivity index (χ1v) is 4.30. The van der Waals surface area contributed by atoms with Gasteiger partial charge in [0.2, 0.25) is 5.91 Å². The van der Waals surface area contributed by atoms with Crippen molar-refractivity contribution in [3.8, 4) is 0 Å². The lowest BCUT2D eigenvalue weighted by Crippen LogP contribution is -2.39. The monoisotopic (exact) mass is 173 g/mol. The maximum Gasteiger partial charge on any atom is 0.223 e. The quantitative estimate of drug-likeness (QED) is 0.524. The summed E-state index contributed by atoms with van der Waals surface area (Å²) in [7, 11) is 0. The van der Waals surface area contributed by atoms with Gasteiger partial charge in [-0.1, -0.05) is 6.42 Å². The van der Waals surface area contributed by atoms with Crippen LogP contribution in [-0.4, -0.2) is 35.4 Å². The van der Waals surface area contributed by atoms with Crippen LogP contribution in [0.15, 0.2) is 0 Å². The number of nitrogens with one attached hydrogen (secondary N) is 1. The third kappa shape index (κ3) is 2.46. The van der Waals surface area contributed by atoms with Crippen LogP contribution in [0.3, 0.4) is 0 Å². The molecule has 3 N–H and O–H groups in total. The minimum absolute atomic E-state index is 0.00810. The number of aliphatic hydroxyl groups is 2. The molecule has 1 aliphatic rings. The molecule has 0 aromatic rings. The van der Waals surface area contributed by atoms with Gasteiger partial charge in [-0.3, -0.25) is 4.79 Å². The van der Waals surface area contributed by atoms with Crippen molar-refractivity contribution in [1.82, 2.24) is 5.32 Å². The Bertz CT molecular complexity index is 156. The summed E-state index contributed by atoms with van der Waals surface area (Å²) in [4.78, 5) is 11.1. The van der Waals surface area contributed by atoms with Crippen LogP contribution < -0.4 is 5.32 Å². The molecule has 1 saturated carbocycles. The summed E-state index contributed by atoms with van der Waals surface area (Å²) < 4.78 is 0. The van der Waals surface area contributed by atoms with Crippen LogP contribution in [0.5, 0.6) is 0 Å². The first-order chi connectivity index (χ1) is 5.74. The zero-order valence-electron chi connectivity index (χ0n) is 6.99. The zero-order chi connectivity index (χ0) is 8.97. The predicted molar refractivity (Wildman–Crippen MR) is 43.4 cm³/mol. The normalized spacial score (nSPS) is 19.8. The molecule has 1 aliphatic carbocycles. The second kappa shape index (κ2) is 4.42. The van der Waals surface area contributed by atoms with E-state index in [2.05, 4.69) is 5.32 Å². The van der Waals surface area contributed by atoms with E-state index in [-0.39, 0.29) is 25.0 Å². The average Bonchev–Trinajstić information content (AvgIpc) is 1.97. The van der Waals surface area contributed by atoms with Crippen molar-refractivity contribution in [2.24, 2.45) is 5.92 Å². The molecule has 12 heavy (non-hydrogen) atoms. The van der Waals surface area contributed by atoms with Crippen molar-refractivity contribution >= 4 is 5.91 Å². The lowest BCUT2D eigenvalue weighted by Gasteiger charge is -2.24. The van der Waals surface area contributed by atoms with E-state index in [9.17, 15) is 4.79 Å². The number of rotatable bonds is 4. The summed E-state index contributed by atoms with van der Waals surface area (Å²) in [6, 6.07) is 0. The minimum atomic E-state index is -0.825. The van der Waals surface area contributed by atoms with Crippen LogP contribution in [0.4, 0.5) is 0 Å². The number of amides is 1. The largest absolute Gasteiger partial charge is 0.394 e. The van der Waals surface area contributed by atoms with Gasteiger partial charge < -0.3 is 15.5 Å². The smallest absolute Gasteiger partial charge is 0.223 e. The number of hydrogen-bond donors (Lipinski definition) is 3. The SMILES string of the molecule is O=C(NCC(O)CO)C1CCC1. The first-order valence-electron chi connectivity index (χ1n) is 4.30. The van der Waals surface area contributed by atoms with Crippen LogP contribution in [-0.2, 0) is 4.79 Å². The molecule has 0 aromatic carbocycles. The number of carbonyl (C=O) groups is 1. The maximum absolute atomic E-state index is 11.1. The molecule has 0 aliphatic heterocycles. The third-order valence-corrected chi connectivity index (χ3v) is 2.20. The molecule has 70 valence electrons. The number of carbonyl (C=O) groups excluding carboxylic acids is 1. The topological polar surface area (TPSA) is 69.6 Å². The third-order valence-electron chi connectivity index (χ3n) is 2.20. The van der Waals surface area contributed by atoms with Crippen molar-refractivity contribution in [2.75, 3.05) is 13.2 Å². The lowest BCUT2D eigenvalue weighted by molar-refractivity contribution is -0.127. The first kappa shape index (κ1) is 9.48. The van der Waals surface area contributed by atoms with E-state index >= 15 is 0 Å². The molecule has 1 fully saturated rings. The molecular formula is C8H15NO3. The fourth-order valence-corrected chi connectivity index (χ4v) is 1.10. The van der Waals surface area contributed by atoms with Gasteiger partial charge in [0.1, 0.15) is 0 Å². The van der Waals surface area contributed by atoms with Gasteiger partial charge in [-0.15, -0.1) is 0 Å². The Morgan fingerprint density at radius 3 is 2.67 bits per heavy atom.